The summed E-state index contributed by atoms with van der Waals surface area (Å²) in [5.74, 6) is 0.711. The maximum atomic E-state index is 4.67. The highest BCUT2D eigenvalue weighted by atomic mass is 32.1. The summed E-state index contributed by atoms with van der Waals surface area (Å²) in [6.07, 6.45) is 3.48. The highest BCUT2D eigenvalue weighted by Gasteiger charge is 2.14. The van der Waals surface area contributed by atoms with E-state index >= 15 is 0 Å². The molecule has 0 radical (unpaired) electrons. The molecule has 0 saturated carbocycles. The monoisotopic (exact) mass is 332 g/mol. The fraction of sp³-hybridized carbons (Fsp3) is 0.0588. The Bertz CT molecular complexity index is 1150. The number of aryl methyl sites for hydroxylation is 1. The summed E-state index contributed by atoms with van der Waals surface area (Å²) in [6.45, 7) is 2.06. The molecule has 24 heavy (non-hydrogen) atoms. The van der Waals surface area contributed by atoms with Crippen molar-refractivity contribution in [2.24, 2.45) is 0 Å². The maximum absolute atomic E-state index is 4.67. The summed E-state index contributed by atoms with van der Waals surface area (Å²) in [4.78, 5) is 10.2. The van der Waals surface area contributed by atoms with Crippen molar-refractivity contribution in [3.05, 3.63) is 59.9 Å². The SMILES string of the molecule is Cc1ccc(-n2ncc3c2ncn2nc(-c4cccs4)nc32)cc1. The summed E-state index contributed by atoms with van der Waals surface area (Å²) < 4.78 is 3.53. The van der Waals surface area contributed by atoms with Gasteiger partial charge in [0.25, 0.3) is 0 Å². The third-order valence-corrected chi connectivity index (χ3v) is 4.79. The van der Waals surface area contributed by atoms with E-state index in [4.69, 9.17) is 0 Å². The van der Waals surface area contributed by atoms with Crippen molar-refractivity contribution in [3.63, 3.8) is 0 Å². The van der Waals surface area contributed by atoms with Gasteiger partial charge in [-0.3, -0.25) is 0 Å². The van der Waals surface area contributed by atoms with E-state index in [1.807, 2.05) is 34.3 Å². The van der Waals surface area contributed by atoms with Gasteiger partial charge in [-0.05, 0) is 30.5 Å². The molecule has 0 unspecified atom stereocenters. The first-order valence-electron chi connectivity index (χ1n) is 7.50. The summed E-state index contributed by atoms with van der Waals surface area (Å²) in [6, 6.07) is 12.2. The van der Waals surface area contributed by atoms with Crippen molar-refractivity contribution in [3.8, 4) is 16.4 Å². The predicted octanol–water partition coefficient (Wildman–Crippen LogP) is 3.50. The quantitative estimate of drug-likeness (QED) is 0.496. The van der Waals surface area contributed by atoms with Gasteiger partial charge in [-0.1, -0.05) is 23.8 Å². The van der Waals surface area contributed by atoms with E-state index in [9.17, 15) is 0 Å². The molecule has 4 aromatic heterocycles. The Morgan fingerprint density at radius 3 is 2.71 bits per heavy atom. The van der Waals surface area contributed by atoms with Crippen LogP contribution in [0.3, 0.4) is 0 Å². The molecule has 0 spiro atoms. The molecule has 7 heteroatoms. The second kappa shape index (κ2) is 4.97. The molecule has 0 saturated heterocycles. The van der Waals surface area contributed by atoms with Gasteiger partial charge in [-0.15, -0.1) is 16.4 Å². The number of fused-ring (bicyclic) bond motifs is 3. The molecule has 116 valence electrons. The van der Waals surface area contributed by atoms with Crippen LogP contribution in [0.5, 0.6) is 0 Å². The van der Waals surface area contributed by atoms with Crippen LogP contribution in [0.15, 0.2) is 54.3 Å². The zero-order valence-corrected chi connectivity index (χ0v) is 13.6. The second-order valence-corrected chi connectivity index (χ2v) is 6.50. The zero-order chi connectivity index (χ0) is 16.1. The molecule has 5 rings (SSSR count). The molecule has 6 nitrogen and oxygen atoms in total. The predicted molar refractivity (Wildman–Crippen MR) is 93.5 cm³/mol. The Kier molecular flexibility index (Phi) is 2.77. The van der Waals surface area contributed by atoms with E-state index in [2.05, 4.69) is 39.2 Å². The van der Waals surface area contributed by atoms with Crippen LogP contribution in [0.25, 0.3) is 33.1 Å². The van der Waals surface area contributed by atoms with Crippen LogP contribution in [0.2, 0.25) is 0 Å². The molecule has 0 aliphatic heterocycles. The van der Waals surface area contributed by atoms with Crippen LogP contribution < -0.4 is 0 Å². The molecule has 0 fully saturated rings. The maximum Gasteiger partial charge on any atom is 0.192 e. The third-order valence-electron chi connectivity index (χ3n) is 3.93. The molecule has 0 amide bonds. The fourth-order valence-corrected chi connectivity index (χ4v) is 3.36. The lowest BCUT2D eigenvalue weighted by Crippen LogP contribution is -1.98. The molecule has 0 bridgehead atoms. The standard InChI is InChI=1S/C17H12N6S/c1-11-4-6-12(7-5-11)23-16-13(9-19-23)17-20-15(14-3-2-8-24-14)21-22(17)10-18-16/h2-10H,1H3. The number of hydrogen-bond acceptors (Lipinski definition) is 5. The van der Waals surface area contributed by atoms with Crippen LogP contribution in [0.1, 0.15) is 5.56 Å². The molecule has 0 aliphatic carbocycles. The number of rotatable bonds is 2. The molecule has 5 aromatic rings. The minimum atomic E-state index is 0.711. The Labute approximate surface area is 141 Å². The first-order valence-corrected chi connectivity index (χ1v) is 8.37. The van der Waals surface area contributed by atoms with Crippen LogP contribution in [0.4, 0.5) is 0 Å². The average molecular weight is 332 g/mol. The van der Waals surface area contributed by atoms with Gasteiger partial charge in [0, 0.05) is 0 Å². The van der Waals surface area contributed by atoms with Gasteiger partial charge < -0.3 is 0 Å². The molecular weight excluding hydrogens is 320 g/mol. The van der Waals surface area contributed by atoms with E-state index < -0.39 is 0 Å². The van der Waals surface area contributed by atoms with Gasteiger partial charge in [0.05, 0.1) is 22.1 Å². The molecule has 0 aliphatic rings. The largest absolute Gasteiger partial charge is 0.216 e. The van der Waals surface area contributed by atoms with Crippen molar-refractivity contribution < 1.29 is 0 Å². The zero-order valence-electron chi connectivity index (χ0n) is 12.8. The lowest BCUT2D eigenvalue weighted by atomic mass is 10.2. The van der Waals surface area contributed by atoms with E-state index in [1.165, 1.54) is 5.56 Å². The number of aromatic nitrogens is 6. The highest BCUT2D eigenvalue weighted by Crippen LogP contribution is 2.25. The number of benzene rings is 1. The topological polar surface area (TPSA) is 60.9 Å². The first kappa shape index (κ1) is 13.4. The van der Waals surface area contributed by atoms with Crippen molar-refractivity contribution in [2.45, 2.75) is 6.92 Å². The highest BCUT2D eigenvalue weighted by molar-refractivity contribution is 7.13. The Hall–Kier alpha value is -3.06. The molecule has 4 heterocycles. The molecular formula is C17H12N6S. The Balaban J connectivity index is 1.73. The normalized spacial score (nSPS) is 11.5. The van der Waals surface area contributed by atoms with Gasteiger partial charge in [0.1, 0.15) is 6.33 Å². The second-order valence-electron chi connectivity index (χ2n) is 5.55. The van der Waals surface area contributed by atoms with Gasteiger partial charge in [-0.25, -0.2) is 19.2 Å². The van der Waals surface area contributed by atoms with E-state index in [1.54, 1.807) is 28.4 Å². The summed E-state index contributed by atoms with van der Waals surface area (Å²) >= 11 is 1.62. The lowest BCUT2D eigenvalue weighted by molar-refractivity contribution is 0.882. The molecule has 1 aromatic carbocycles. The van der Waals surface area contributed by atoms with Gasteiger partial charge in [-0.2, -0.15) is 5.10 Å². The Morgan fingerprint density at radius 2 is 1.92 bits per heavy atom. The van der Waals surface area contributed by atoms with E-state index in [-0.39, 0.29) is 0 Å². The van der Waals surface area contributed by atoms with E-state index in [0.717, 1.165) is 27.2 Å². The summed E-state index contributed by atoms with van der Waals surface area (Å²) in [5.41, 5.74) is 3.73. The van der Waals surface area contributed by atoms with Gasteiger partial charge in [0.2, 0.25) is 0 Å². The third kappa shape index (κ3) is 1.95. The van der Waals surface area contributed by atoms with Crippen molar-refractivity contribution in [1.82, 2.24) is 29.4 Å². The van der Waals surface area contributed by atoms with Crippen molar-refractivity contribution in [1.29, 1.82) is 0 Å². The molecule has 0 atom stereocenters. The lowest BCUT2D eigenvalue weighted by Gasteiger charge is -2.03. The van der Waals surface area contributed by atoms with Crippen molar-refractivity contribution in [2.75, 3.05) is 0 Å². The number of thiophene rings is 1. The smallest absolute Gasteiger partial charge is 0.192 e. The van der Waals surface area contributed by atoms with Crippen LogP contribution in [0, 0.1) is 6.92 Å². The van der Waals surface area contributed by atoms with Gasteiger partial charge >= 0.3 is 0 Å². The minimum absolute atomic E-state index is 0.711. The first-order chi connectivity index (χ1) is 11.8. The van der Waals surface area contributed by atoms with Crippen LogP contribution >= 0.6 is 11.3 Å². The van der Waals surface area contributed by atoms with Crippen molar-refractivity contribution >= 4 is 28.0 Å². The van der Waals surface area contributed by atoms with Gasteiger partial charge in [0.15, 0.2) is 17.1 Å². The van der Waals surface area contributed by atoms with Crippen LogP contribution in [-0.2, 0) is 0 Å². The number of hydrogen-bond donors (Lipinski definition) is 0. The minimum Gasteiger partial charge on any atom is -0.216 e. The number of nitrogens with zero attached hydrogens (tertiary/aromatic N) is 6. The average Bonchev–Trinajstić information content (AvgIpc) is 3.33. The Morgan fingerprint density at radius 1 is 1.04 bits per heavy atom. The van der Waals surface area contributed by atoms with Crippen LogP contribution in [-0.4, -0.2) is 29.4 Å². The molecule has 0 N–H and O–H groups in total. The summed E-state index contributed by atoms with van der Waals surface area (Å²) in [7, 11) is 0. The fourth-order valence-electron chi connectivity index (χ4n) is 2.71. The summed E-state index contributed by atoms with van der Waals surface area (Å²) in [5, 5.41) is 11.9. The van der Waals surface area contributed by atoms with E-state index in [0.29, 0.717) is 5.82 Å².